The summed E-state index contributed by atoms with van der Waals surface area (Å²) in [6.07, 6.45) is 2.85. The van der Waals surface area contributed by atoms with Gasteiger partial charge in [-0.15, -0.1) is 0 Å². The van der Waals surface area contributed by atoms with Crippen molar-refractivity contribution in [1.29, 1.82) is 5.26 Å². The largest absolute Gasteiger partial charge is 0.354 e. The number of piperazine rings is 1. The van der Waals surface area contributed by atoms with E-state index in [9.17, 15) is 5.26 Å². The first-order chi connectivity index (χ1) is 15.8. The molecule has 0 aliphatic carbocycles. The fourth-order valence-electron chi connectivity index (χ4n) is 4.32. The number of aromatic nitrogens is 2. The van der Waals surface area contributed by atoms with E-state index in [1.807, 2.05) is 36.5 Å². The summed E-state index contributed by atoms with van der Waals surface area (Å²) in [7, 11) is 0. The van der Waals surface area contributed by atoms with Crippen LogP contribution in [0, 0.1) is 11.3 Å². The monoisotopic (exact) mass is 419 g/mol. The molecule has 0 N–H and O–H groups in total. The van der Waals surface area contributed by atoms with Crippen LogP contribution in [0.2, 0.25) is 0 Å². The summed E-state index contributed by atoms with van der Waals surface area (Å²) < 4.78 is 0. The summed E-state index contributed by atoms with van der Waals surface area (Å²) in [5, 5.41) is 10.4. The summed E-state index contributed by atoms with van der Waals surface area (Å²) in [4.78, 5) is 14.4. The quantitative estimate of drug-likeness (QED) is 0.476. The Hall–Kier alpha value is -3.75. The summed E-state index contributed by atoms with van der Waals surface area (Å²) in [5.41, 5.74) is 4.89. The minimum Gasteiger partial charge on any atom is -0.354 e. The van der Waals surface area contributed by atoms with Gasteiger partial charge in [0.15, 0.2) is 0 Å². The van der Waals surface area contributed by atoms with E-state index in [1.165, 1.54) is 0 Å². The second kappa shape index (κ2) is 9.17. The van der Waals surface area contributed by atoms with Crippen LogP contribution in [0.1, 0.15) is 11.3 Å². The Morgan fingerprint density at radius 1 is 0.875 bits per heavy atom. The van der Waals surface area contributed by atoms with Crippen LogP contribution in [0.25, 0.3) is 22.0 Å². The van der Waals surface area contributed by atoms with E-state index in [-0.39, 0.29) is 0 Å². The molecule has 0 saturated carbocycles. The molecular weight excluding hydrogens is 394 g/mol. The molecule has 4 aromatic rings. The average molecular weight is 420 g/mol. The fourth-order valence-corrected chi connectivity index (χ4v) is 4.32. The van der Waals surface area contributed by atoms with Crippen molar-refractivity contribution in [3.05, 3.63) is 90.3 Å². The van der Waals surface area contributed by atoms with Gasteiger partial charge in [0, 0.05) is 62.0 Å². The van der Waals surface area contributed by atoms with Gasteiger partial charge in [-0.2, -0.15) is 5.26 Å². The number of hydrogen-bond acceptors (Lipinski definition) is 5. The minimum atomic E-state index is 0.664. The highest BCUT2D eigenvalue weighted by Gasteiger charge is 2.18. The van der Waals surface area contributed by atoms with E-state index >= 15 is 0 Å². The minimum absolute atomic E-state index is 0.664. The lowest BCUT2D eigenvalue weighted by atomic mass is 10.0. The molecule has 0 radical (unpaired) electrons. The van der Waals surface area contributed by atoms with Crippen LogP contribution < -0.4 is 4.90 Å². The Morgan fingerprint density at radius 3 is 2.56 bits per heavy atom. The van der Waals surface area contributed by atoms with E-state index < -0.39 is 0 Å². The van der Waals surface area contributed by atoms with E-state index in [2.05, 4.69) is 63.3 Å². The van der Waals surface area contributed by atoms with E-state index in [0.29, 0.717) is 5.56 Å². The summed E-state index contributed by atoms with van der Waals surface area (Å²) in [6, 6.07) is 26.6. The van der Waals surface area contributed by atoms with Crippen LogP contribution >= 0.6 is 0 Å². The van der Waals surface area contributed by atoms with Gasteiger partial charge in [0.2, 0.25) is 0 Å². The van der Waals surface area contributed by atoms with Gasteiger partial charge in [0.05, 0.1) is 17.1 Å². The molecule has 0 bridgehead atoms. The van der Waals surface area contributed by atoms with Crippen molar-refractivity contribution in [3.8, 4) is 17.2 Å². The molecule has 5 heteroatoms. The lowest BCUT2D eigenvalue weighted by Crippen LogP contribution is -2.47. The number of rotatable bonds is 5. The normalized spacial score (nSPS) is 14.4. The van der Waals surface area contributed by atoms with Crippen LogP contribution in [0.5, 0.6) is 0 Å². The van der Waals surface area contributed by atoms with Crippen molar-refractivity contribution < 1.29 is 0 Å². The van der Waals surface area contributed by atoms with Gasteiger partial charge < -0.3 is 4.90 Å². The Labute approximate surface area is 188 Å². The molecule has 32 heavy (non-hydrogen) atoms. The van der Waals surface area contributed by atoms with Crippen molar-refractivity contribution in [2.45, 2.75) is 6.42 Å². The van der Waals surface area contributed by atoms with Crippen molar-refractivity contribution in [2.24, 2.45) is 0 Å². The highest BCUT2D eigenvalue weighted by molar-refractivity contribution is 5.94. The molecule has 2 aromatic carbocycles. The number of anilines is 1. The molecule has 5 rings (SSSR count). The lowest BCUT2D eigenvalue weighted by molar-refractivity contribution is 0.260. The standard InChI is InChI=1S/C27H25N5/c28-20-21-5-3-7-23(19-21)25-9-4-6-22-10-11-26(30-27(22)25)32-17-15-31(16-18-32)14-12-24-8-1-2-13-29-24/h1-11,13,19H,12,14-18H2. The molecule has 1 fully saturated rings. The topological polar surface area (TPSA) is 56.1 Å². The van der Waals surface area contributed by atoms with Crippen LogP contribution in [-0.2, 0) is 6.42 Å². The molecule has 1 saturated heterocycles. The molecule has 158 valence electrons. The Balaban J connectivity index is 1.32. The zero-order valence-electron chi connectivity index (χ0n) is 18.0. The van der Waals surface area contributed by atoms with E-state index in [1.54, 1.807) is 0 Å². The number of pyridine rings is 2. The third-order valence-corrected chi connectivity index (χ3v) is 6.11. The van der Waals surface area contributed by atoms with E-state index in [4.69, 9.17) is 4.98 Å². The summed E-state index contributed by atoms with van der Waals surface area (Å²) in [6.45, 7) is 5.02. The van der Waals surface area contributed by atoms with Gasteiger partial charge in [-0.1, -0.05) is 36.4 Å². The third kappa shape index (κ3) is 4.32. The van der Waals surface area contributed by atoms with Crippen molar-refractivity contribution >= 4 is 16.7 Å². The summed E-state index contributed by atoms with van der Waals surface area (Å²) >= 11 is 0. The van der Waals surface area contributed by atoms with Gasteiger partial charge in [-0.25, -0.2) is 4.98 Å². The summed E-state index contributed by atoms with van der Waals surface area (Å²) in [5.74, 6) is 1.02. The lowest BCUT2D eigenvalue weighted by Gasteiger charge is -2.35. The first kappa shape index (κ1) is 20.2. The van der Waals surface area contributed by atoms with Gasteiger partial charge in [-0.3, -0.25) is 9.88 Å². The van der Waals surface area contributed by atoms with E-state index in [0.717, 1.165) is 72.7 Å². The van der Waals surface area contributed by atoms with Gasteiger partial charge in [0.1, 0.15) is 5.82 Å². The predicted molar refractivity (Wildman–Crippen MR) is 128 cm³/mol. The van der Waals surface area contributed by atoms with Crippen molar-refractivity contribution in [2.75, 3.05) is 37.6 Å². The van der Waals surface area contributed by atoms with Crippen LogP contribution in [0.3, 0.4) is 0 Å². The molecule has 1 aliphatic rings. The average Bonchev–Trinajstić information content (AvgIpc) is 2.88. The highest BCUT2D eigenvalue weighted by Crippen LogP contribution is 2.30. The van der Waals surface area contributed by atoms with Crippen LogP contribution in [0.15, 0.2) is 79.0 Å². The predicted octanol–water partition coefficient (Wildman–Crippen LogP) is 4.53. The highest BCUT2D eigenvalue weighted by atomic mass is 15.3. The molecule has 3 heterocycles. The van der Waals surface area contributed by atoms with Crippen LogP contribution in [-0.4, -0.2) is 47.6 Å². The fraction of sp³-hybridized carbons (Fsp3) is 0.222. The number of benzene rings is 2. The Kier molecular flexibility index (Phi) is 5.78. The van der Waals surface area contributed by atoms with Crippen molar-refractivity contribution in [3.63, 3.8) is 0 Å². The Bertz CT molecular complexity index is 1250. The molecule has 2 aromatic heterocycles. The number of nitrogens with zero attached hydrogens (tertiary/aromatic N) is 5. The van der Waals surface area contributed by atoms with Gasteiger partial charge in [-0.05, 0) is 42.0 Å². The molecule has 0 amide bonds. The number of para-hydroxylation sites is 1. The second-order valence-electron chi connectivity index (χ2n) is 8.14. The molecule has 0 spiro atoms. The SMILES string of the molecule is N#Cc1cccc(-c2cccc3ccc(N4CCN(CCc5ccccn5)CC4)nc23)c1. The van der Waals surface area contributed by atoms with Crippen molar-refractivity contribution in [1.82, 2.24) is 14.9 Å². The number of hydrogen-bond donors (Lipinski definition) is 0. The first-order valence-electron chi connectivity index (χ1n) is 11.1. The molecule has 0 atom stereocenters. The maximum atomic E-state index is 9.28. The molecule has 0 unspecified atom stereocenters. The first-order valence-corrected chi connectivity index (χ1v) is 11.1. The maximum Gasteiger partial charge on any atom is 0.129 e. The smallest absolute Gasteiger partial charge is 0.129 e. The molecule has 1 aliphatic heterocycles. The van der Waals surface area contributed by atoms with Gasteiger partial charge in [0.25, 0.3) is 0 Å². The zero-order valence-corrected chi connectivity index (χ0v) is 18.0. The Morgan fingerprint density at radius 2 is 1.75 bits per heavy atom. The van der Waals surface area contributed by atoms with Crippen LogP contribution in [0.4, 0.5) is 5.82 Å². The zero-order chi connectivity index (χ0) is 21.8. The third-order valence-electron chi connectivity index (χ3n) is 6.11. The number of fused-ring (bicyclic) bond motifs is 1. The van der Waals surface area contributed by atoms with Gasteiger partial charge >= 0.3 is 0 Å². The molecule has 5 nitrogen and oxygen atoms in total. The maximum absolute atomic E-state index is 9.28. The number of nitriles is 1. The molecular formula is C27H25N5. The second-order valence-corrected chi connectivity index (χ2v) is 8.14.